The molecule has 0 aliphatic carbocycles. The van der Waals surface area contributed by atoms with E-state index in [0.29, 0.717) is 19.3 Å². The molecule has 1 atom stereocenters. The monoisotopic (exact) mass is 873 g/mol. The zero-order chi connectivity index (χ0) is 45.8. The van der Waals surface area contributed by atoms with Crippen LogP contribution in [0.2, 0.25) is 0 Å². The van der Waals surface area contributed by atoms with Crippen molar-refractivity contribution in [1.29, 1.82) is 0 Å². The third kappa shape index (κ3) is 49.0. The number of carbonyl (C=O) groups excluding carboxylic acids is 3. The summed E-state index contributed by atoms with van der Waals surface area (Å²) in [6.07, 6.45) is 67.9. The summed E-state index contributed by atoms with van der Waals surface area (Å²) in [6, 6.07) is 0. The van der Waals surface area contributed by atoms with E-state index in [-0.39, 0.29) is 37.5 Å². The second kappa shape index (κ2) is 50.7. The first-order chi connectivity index (χ1) is 31.0. The molecule has 0 bridgehead atoms. The van der Waals surface area contributed by atoms with Crippen LogP contribution in [-0.4, -0.2) is 37.2 Å². The Kier molecular flexibility index (Phi) is 47.5. The van der Waals surface area contributed by atoms with Gasteiger partial charge in [-0.3, -0.25) is 14.4 Å². The smallest absolute Gasteiger partial charge is 0.306 e. The number of allylic oxidation sites excluding steroid dienone is 18. The highest BCUT2D eigenvalue weighted by Crippen LogP contribution is 2.12. The first-order valence-corrected chi connectivity index (χ1v) is 25.4. The summed E-state index contributed by atoms with van der Waals surface area (Å²) in [6.45, 7) is 6.37. The van der Waals surface area contributed by atoms with Crippen LogP contribution < -0.4 is 0 Å². The van der Waals surface area contributed by atoms with Crippen LogP contribution in [0.1, 0.15) is 213 Å². The van der Waals surface area contributed by atoms with E-state index in [1.165, 1.54) is 51.4 Å². The Morgan fingerprint density at radius 3 is 1.08 bits per heavy atom. The summed E-state index contributed by atoms with van der Waals surface area (Å²) in [5, 5.41) is 0. The summed E-state index contributed by atoms with van der Waals surface area (Å²) < 4.78 is 16.7. The number of ether oxygens (including phenoxy) is 3. The maximum Gasteiger partial charge on any atom is 0.306 e. The molecule has 0 aromatic rings. The van der Waals surface area contributed by atoms with Gasteiger partial charge in [0.25, 0.3) is 0 Å². The van der Waals surface area contributed by atoms with Crippen molar-refractivity contribution in [2.24, 2.45) is 0 Å². The minimum absolute atomic E-state index is 0.111. The van der Waals surface area contributed by atoms with Crippen LogP contribution in [-0.2, 0) is 28.6 Å². The Hall–Kier alpha value is -3.93. The average Bonchev–Trinajstić information content (AvgIpc) is 3.28. The van der Waals surface area contributed by atoms with Crippen molar-refractivity contribution >= 4 is 17.9 Å². The lowest BCUT2D eigenvalue weighted by Gasteiger charge is -2.18. The first-order valence-electron chi connectivity index (χ1n) is 25.4. The maximum absolute atomic E-state index is 12.8. The molecule has 0 aliphatic rings. The molecule has 0 rings (SSSR count). The number of hydrogen-bond donors (Lipinski definition) is 0. The Bertz CT molecular complexity index is 1330. The molecular weight excluding hydrogens is 781 g/mol. The predicted octanol–water partition coefficient (Wildman–Crippen LogP) is 16.8. The molecule has 0 aromatic carbocycles. The number of esters is 3. The zero-order valence-corrected chi connectivity index (χ0v) is 40.5. The summed E-state index contributed by atoms with van der Waals surface area (Å²) in [7, 11) is 0. The van der Waals surface area contributed by atoms with Crippen molar-refractivity contribution in [3.8, 4) is 0 Å². The highest BCUT2D eigenvalue weighted by Gasteiger charge is 2.19. The van der Waals surface area contributed by atoms with E-state index >= 15 is 0 Å². The molecule has 0 aromatic heterocycles. The van der Waals surface area contributed by atoms with Crippen molar-refractivity contribution in [2.75, 3.05) is 13.2 Å². The minimum atomic E-state index is -0.816. The van der Waals surface area contributed by atoms with Crippen molar-refractivity contribution < 1.29 is 28.6 Å². The highest BCUT2D eigenvalue weighted by atomic mass is 16.6. The Balaban J connectivity index is 4.51. The van der Waals surface area contributed by atoms with Crippen LogP contribution in [0.4, 0.5) is 0 Å². The second-order valence-electron chi connectivity index (χ2n) is 16.3. The summed E-state index contributed by atoms with van der Waals surface area (Å²) in [5.74, 6) is -1.000. The molecule has 0 radical (unpaired) electrons. The van der Waals surface area contributed by atoms with Crippen molar-refractivity contribution in [2.45, 2.75) is 219 Å². The zero-order valence-electron chi connectivity index (χ0n) is 40.5. The molecule has 0 N–H and O–H groups in total. The first kappa shape index (κ1) is 59.1. The molecule has 63 heavy (non-hydrogen) atoms. The van der Waals surface area contributed by atoms with Gasteiger partial charge in [0.1, 0.15) is 13.2 Å². The van der Waals surface area contributed by atoms with Gasteiger partial charge in [0, 0.05) is 19.3 Å². The van der Waals surface area contributed by atoms with Gasteiger partial charge in [-0.15, -0.1) is 0 Å². The molecule has 0 heterocycles. The van der Waals surface area contributed by atoms with Crippen LogP contribution >= 0.6 is 0 Å². The molecule has 356 valence electrons. The fraction of sp³-hybridized carbons (Fsp3) is 0.632. The van der Waals surface area contributed by atoms with E-state index in [9.17, 15) is 14.4 Å². The molecule has 0 saturated carbocycles. The molecule has 6 nitrogen and oxygen atoms in total. The largest absolute Gasteiger partial charge is 0.462 e. The lowest BCUT2D eigenvalue weighted by atomic mass is 10.1. The Morgan fingerprint density at radius 1 is 0.333 bits per heavy atom. The Labute approximate surface area is 387 Å². The van der Waals surface area contributed by atoms with Gasteiger partial charge in [0.15, 0.2) is 6.10 Å². The van der Waals surface area contributed by atoms with Gasteiger partial charge in [0.05, 0.1) is 0 Å². The van der Waals surface area contributed by atoms with E-state index in [0.717, 1.165) is 116 Å². The second-order valence-corrected chi connectivity index (χ2v) is 16.3. The topological polar surface area (TPSA) is 78.9 Å². The molecule has 0 spiro atoms. The lowest BCUT2D eigenvalue weighted by Crippen LogP contribution is -2.30. The van der Waals surface area contributed by atoms with Crippen LogP contribution in [0.3, 0.4) is 0 Å². The molecule has 0 fully saturated rings. The fourth-order valence-electron chi connectivity index (χ4n) is 6.39. The Morgan fingerprint density at radius 2 is 0.635 bits per heavy atom. The van der Waals surface area contributed by atoms with Crippen LogP contribution in [0, 0.1) is 0 Å². The molecule has 6 heteroatoms. The van der Waals surface area contributed by atoms with Gasteiger partial charge in [-0.05, 0) is 122 Å². The molecule has 0 unspecified atom stereocenters. The third-order valence-corrected chi connectivity index (χ3v) is 10.2. The van der Waals surface area contributed by atoms with Gasteiger partial charge < -0.3 is 14.2 Å². The van der Waals surface area contributed by atoms with E-state index in [1.54, 1.807) is 0 Å². The van der Waals surface area contributed by atoms with Gasteiger partial charge in [-0.1, -0.05) is 182 Å². The fourth-order valence-corrected chi connectivity index (χ4v) is 6.39. The summed E-state index contributed by atoms with van der Waals surface area (Å²) in [5.41, 5.74) is 0. The van der Waals surface area contributed by atoms with Crippen LogP contribution in [0.25, 0.3) is 0 Å². The predicted molar refractivity (Wildman–Crippen MR) is 270 cm³/mol. The maximum atomic E-state index is 12.8. The number of rotatable bonds is 44. The molecule has 0 aliphatic heterocycles. The van der Waals surface area contributed by atoms with E-state index in [4.69, 9.17) is 14.2 Å². The van der Waals surface area contributed by atoms with E-state index in [1.807, 2.05) is 0 Å². The molecule has 0 amide bonds. The standard InChI is InChI=1S/C57H92O6/c1-4-7-10-13-16-19-22-24-26-27-28-29-31-32-35-38-41-44-47-50-56(59)62-53-54(52-61-55(58)49-46-43-40-37-34-21-18-15-12-9-6-3)63-57(60)51-48-45-42-39-36-33-30-25-23-20-17-14-11-8-5-2/h7,10,15-20,24-26,28-30,32,35-36,39,54H,4-6,8-9,11-14,21-23,27,31,33-34,37-38,40-53H2,1-3H3/b10-7-,18-15-,19-16-,20-17-,26-24-,29-28-,30-25-,35-32-,39-36-/t54-/m0/s1. The van der Waals surface area contributed by atoms with Gasteiger partial charge in [-0.2, -0.15) is 0 Å². The summed E-state index contributed by atoms with van der Waals surface area (Å²) >= 11 is 0. The lowest BCUT2D eigenvalue weighted by molar-refractivity contribution is -0.167. The molecular formula is C57H92O6. The van der Waals surface area contributed by atoms with E-state index in [2.05, 4.69) is 130 Å². The number of hydrogen-bond acceptors (Lipinski definition) is 6. The van der Waals surface area contributed by atoms with Crippen molar-refractivity contribution in [3.05, 3.63) is 109 Å². The van der Waals surface area contributed by atoms with Crippen molar-refractivity contribution in [3.63, 3.8) is 0 Å². The van der Waals surface area contributed by atoms with Gasteiger partial charge in [0.2, 0.25) is 0 Å². The average molecular weight is 873 g/mol. The SMILES string of the molecule is CC/C=C\C/C=C\C/C=C\C/C=C\C/C=C\CCCCCC(=O)OC[C@H](COC(=O)CCCCCCC/C=C\CCCC)OC(=O)CCCC/C=C\C/C=C\C/C=C\CCCCC. The number of carbonyl (C=O) groups is 3. The normalized spacial score (nSPS) is 13.0. The van der Waals surface area contributed by atoms with Crippen LogP contribution in [0.15, 0.2) is 109 Å². The van der Waals surface area contributed by atoms with Gasteiger partial charge in [-0.25, -0.2) is 0 Å². The van der Waals surface area contributed by atoms with Crippen molar-refractivity contribution in [1.82, 2.24) is 0 Å². The molecule has 0 saturated heterocycles. The van der Waals surface area contributed by atoms with Gasteiger partial charge >= 0.3 is 17.9 Å². The summed E-state index contributed by atoms with van der Waals surface area (Å²) in [4.78, 5) is 37.9. The number of unbranched alkanes of at least 4 members (excludes halogenated alkanes) is 15. The minimum Gasteiger partial charge on any atom is -0.462 e. The third-order valence-electron chi connectivity index (χ3n) is 10.2. The highest BCUT2D eigenvalue weighted by molar-refractivity contribution is 5.71. The van der Waals surface area contributed by atoms with Crippen LogP contribution in [0.5, 0.6) is 0 Å². The van der Waals surface area contributed by atoms with E-state index < -0.39 is 6.10 Å². The quantitative estimate of drug-likeness (QED) is 0.0263.